The van der Waals surface area contributed by atoms with E-state index in [0.717, 1.165) is 45.4 Å². The number of morpholine rings is 1. The number of aromatic nitrogens is 2. The second kappa shape index (κ2) is 6.91. The Bertz CT molecular complexity index is 529. The molecular weight excluding hydrogens is 288 g/mol. The van der Waals surface area contributed by atoms with Crippen LogP contribution < -0.4 is 0 Å². The molecule has 0 amide bonds. The van der Waals surface area contributed by atoms with Crippen molar-refractivity contribution in [2.45, 2.75) is 57.7 Å². The molecule has 1 saturated carbocycles. The summed E-state index contributed by atoms with van der Waals surface area (Å²) in [6.45, 7) is 7.13. The van der Waals surface area contributed by atoms with Crippen LogP contribution in [-0.2, 0) is 31.3 Å². The van der Waals surface area contributed by atoms with Gasteiger partial charge in [-0.15, -0.1) is 0 Å². The smallest absolute Gasteiger partial charge is 0.0812 e. The summed E-state index contributed by atoms with van der Waals surface area (Å²) in [6, 6.07) is 0.813. The van der Waals surface area contributed by atoms with Crippen LogP contribution in [0.4, 0.5) is 0 Å². The largest absolute Gasteiger partial charge is 0.379 e. The van der Waals surface area contributed by atoms with Gasteiger partial charge in [0.05, 0.1) is 18.9 Å². The van der Waals surface area contributed by atoms with E-state index >= 15 is 0 Å². The molecule has 5 heteroatoms. The van der Waals surface area contributed by atoms with Crippen molar-refractivity contribution in [1.82, 2.24) is 19.6 Å². The zero-order valence-corrected chi connectivity index (χ0v) is 14.5. The number of hydrogen-bond acceptors (Lipinski definition) is 4. The first-order valence-corrected chi connectivity index (χ1v) is 9.39. The molecule has 2 fully saturated rings. The summed E-state index contributed by atoms with van der Waals surface area (Å²) in [4.78, 5) is 5.23. The Labute approximate surface area is 139 Å². The Kier molecular flexibility index (Phi) is 4.69. The molecule has 0 radical (unpaired) electrons. The number of nitrogens with zero attached hydrogens (tertiary/aromatic N) is 4. The first kappa shape index (κ1) is 15.6. The van der Waals surface area contributed by atoms with E-state index in [4.69, 9.17) is 9.84 Å². The molecule has 3 aliphatic rings. The monoisotopic (exact) mass is 318 g/mol. The Morgan fingerprint density at radius 2 is 1.87 bits per heavy atom. The van der Waals surface area contributed by atoms with E-state index < -0.39 is 0 Å². The molecule has 3 heterocycles. The molecular formula is C18H30N4O. The van der Waals surface area contributed by atoms with Crippen LogP contribution in [0.1, 0.15) is 49.1 Å². The molecule has 1 aromatic rings. The van der Waals surface area contributed by atoms with Crippen molar-refractivity contribution in [3.05, 3.63) is 17.0 Å². The topological polar surface area (TPSA) is 33.5 Å². The highest BCUT2D eigenvalue weighted by Crippen LogP contribution is 2.29. The quantitative estimate of drug-likeness (QED) is 0.853. The Morgan fingerprint density at radius 1 is 1.09 bits per heavy atom. The molecule has 0 atom stereocenters. The van der Waals surface area contributed by atoms with E-state index in [9.17, 15) is 0 Å². The van der Waals surface area contributed by atoms with Gasteiger partial charge in [-0.25, -0.2) is 0 Å². The average molecular weight is 318 g/mol. The fourth-order valence-corrected chi connectivity index (χ4v) is 4.55. The van der Waals surface area contributed by atoms with Crippen LogP contribution in [0.3, 0.4) is 0 Å². The van der Waals surface area contributed by atoms with Crippen LogP contribution in [-0.4, -0.2) is 58.5 Å². The summed E-state index contributed by atoms with van der Waals surface area (Å²) in [5.74, 6) is 0. The molecule has 1 aromatic heterocycles. The molecule has 4 rings (SSSR count). The Balaban J connectivity index is 1.49. The summed E-state index contributed by atoms with van der Waals surface area (Å²) < 4.78 is 7.62. The minimum absolute atomic E-state index is 0.813. The van der Waals surface area contributed by atoms with Crippen molar-refractivity contribution in [3.8, 4) is 0 Å². The van der Waals surface area contributed by atoms with Gasteiger partial charge in [0.15, 0.2) is 0 Å². The minimum Gasteiger partial charge on any atom is -0.379 e. The van der Waals surface area contributed by atoms with E-state index in [1.54, 1.807) is 0 Å². The molecule has 0 unspecified atom stereocenters. The van der Waals surface area contributed by atoms with Crippen LogP contribution >= 0.6 is 0 Å². The van der Waals surface area contributed by atoms with Gasteiger partial charge in [-0.05, 0) is 12.8 Å². The minimum atomic E-state index is 0.813. The molecule has 1 aliphatic carbocycles. The van der Waals surface area contributed by atoms with Gasteiger partial charge in [-0.1, -0.05) is 19.3 Å². The van der Waals surface area contributed by atoms with Gasteiger partial charge in [-0.3, -0.25) is 14.5 Å². The fraction of sp³-hybridized carbons (Fsp3) is 0.833. The van der Waals surface area contributed by atoms with Gasteiger partial charge in [0.25, 0.3) is 0 Å². The normalized spacial score (nSPS) is 24.7. The van der Waals surface area contributed by atoms with Crippen LogP contribution in [0.25, 0.3) is 0 Å². The van der Waals surface area contributed by atoms with Crippen molar-refractivity contribution in [2.75, 3.05) is 32.8 Å². The van der Waals surface area contributed by atoms with Crippen LogP contribution in [0, 0.1) is 0 Å². The van der Waals surface area contributed by atoms with Crippen LogP contribution in [0.2, 0.25) is 0 Å². The van der Waals surface area contributed by atoms with Gasteiger partial charge in [0, 0.05) is 63.5 Å². The summed E-state index contributed by atoms with van der Waals surface area (Å²) in [7, 11) is 2.12. The predicted molar refractivity (Wildman–Crippen MR) is 90.3 cm³/mol. The van der Waals surface area contributed by atoms with E-state index in [2.05, 4.69) is 21.5 Å². The first-order valence-electron chi connectivity index (χ1n) is 9.39. The maximum Gasteiger partial charge on any atom is 0.0812 e. The highest BCUT2D eigenvalue weighted by molar-refractivity contribution is 5.29. The summed E-state index contributed by atoms with van der Waals surface area (Å²) in [5.41, 5.74) is 4.31. The van der Waals surface area contributed by atoms with E-state index in [1.165, 1.54) is 62.0 Å². The summed E-state index contributed by atoms with van der Waals surface area (Å²) in [6.07, 6.45) is 8.23. The van der Waals surface area contributed by atoms with Crippen LogP contribution in [0.15, 0.2) is 0 Å². The molecule has 128 valence electrons. The van der Waals surface area contributed by atoms with E-state index in [1.807, 2.05) is 0 Å². The zero-order valence-electron chi connectivity index (χ0n) is 14.5. The lowest BCUT2D eigenvalue weighted by molar-refractivity contribution is 0.0333. The lowest BCUT2D eigenvalue weighted by atomic mass is 9.92. The average Bonchev–Trinajstić information content (AvgIpc) is 2.92. The van der Waals surface area contributed by atoms with Crippen molar-refractivity contribution in [1.29, 1.82) is 0 Å². The number of hydrogen-bond donors (Lipinski definition) is 0. The number of ether oxygens (including phenoxy) is 1. The van der Waals surface area contributed by atoms with E-state index in [-0.39, 0.29) is 0 Å². The van der Waals surface area contributed by atoms with Gasteiger partial charge < -0.3 is 4.74 Å². The third-order valence-corrected chi connectivity index (χ3v) is 5.92. The first-order chi connectivity index (χ1) is 11.3. The van der Waals surface area contributed by atoms with Crippen molar-refractivity contribution in [3.63, 3.8) is 0 Å². The highest BCUT2D eigenvalue weighted by atomic mass is 16.5. The summed E-state index contributed by atoms with van der Waals surface area (Å²) in [5, 5.41) is 4.87. The van der Waals surface area contributed by atoms with Crippen molar-refractivity contribution < 1.29 is 4.74 Å². The maximum absolute atomic E-state index is 5.48. The lowest BCUT2D eigenvalue weighted by Gasteiger charge is -2.37. The van der Waals surface area contributed by atoms with Gasteiger partial charge in [0.2, 0.25) is 0 Å². The third kappa shape index (κ3) is 3.32. The lowest BCUT2D eigenvalue weighted by Crippen LogP contribution is -2.41. The van der Waals surface area contributed by atoms with Crippen LogP contribution in [0.5, 0.6) is 0 Å². The van der Waals surface area contributed by atoms with Gasteiger partial charge in [-0.2, -0.15) is 5.10 Å². The fourth-order valence-electron chi connectivity index (χ4n) is 4.55. The van der Waals surface area contributed by atoms with Gasteiger partial charge in [0.1, 0.15) is 0 Å². The summed E-state index contributed by atoms with van der Waals surface area (Å²) >= 11 is 0. The highest BCUT2D eigenvalue weighted by Gasteiger charge is 2.29. The van der Waals surface area contributed by atoms with E-state index in [0.29, 0.717) is 0 Å². The predicted octanol–water partition coefficient (Wildman–Crippen LogP) is 1.94. The molecule has 1 saturated heterocycles. The van der Waals surface area contributed by atoms with Crippen molar-refractivity contribution >= 4 is 0 Å². The maximum atomic E-state index is 5.48. The standard InChI is InChI=1S/C18H30N4O/c1-20-18-7-8-22(15-5-3-2-4-6-15)13-16(18)17(19-20)14-21-9-11-23-12-10-21/h15H,2-14H2,1H3. The molecule has 0 N–H and O–H groups in total. The number of aryl methyl sites for hydroxylation is 1. The second-order valence-corrected chi connectivity index (χ2v) is 7.40. The molecule has 0 bridgehead atoms. The molecule has 2 aliphatic heterocycles. The Morgan fingerprint density at radius 3 is 2.65 bits per heavy atom. The van der Waals surface area contributed by atoms with Gasteiger partial charge >= 0.3 is 0 Å². The molecule has 5 nitrogen and oxygen atoms in total. The SMILES string of the molecule is Cn1nc(CN2CCOCC2)c2c1CCN(C1CCCCC1)C2. The molecule has 0 spiro atoms. The third-order valence-electron chi connectivity index (χ3n) is 5.92. The number of fused-ring (bicyclic) bond motifs is 1. The molecule has 0 aromatic carbocycles. The zero-order chi connectivity index (χ0) is 15.6. The molecule has 23 heavy (non-hydrogen) atoms. The number of rotatable bonds is 3. The van der Waals surface area contributed by atoms with Crippen molar-refractivity contribution in [2.24, 2.45) is 7.05 Å². The Hall–Kier alpha value is -0.910. The second-order valence-electron chi connectivity index (χ2n) is 7.40.